The zero-order valence-corrected chi connectivity index (χ0v) is 9.55. The summed E-state index contributed by atoms with van der Waals surface area (Å²) in [7, 11) is 1.67. The molecule has 4 heteroatoms. The summed E-state index contributed by atoms with van der Waals surface area (Å²) in [4.78, 5) is 11.3. The minimum Gasteiger partial charge on any atom is -0.385 e. The molecule has 0 bridgehead atoms. The molecule has 1 fully saturated rings. The first-order valence-corrected chi connectivity index (χ1v) is 5.79. The lowest BCUT2D eigenvalue weighted by atomic mass is 10.3. The van der Waals surface area contributed by atoms with Gasteiger partial charge in [-0.15, -0.1) is 0 Å². The molecular formula is C11H22N2O2. The summed E-state index contributed by atoms with van der Waals surface area (Å²) < 4.78 is 4.89. The molecule has 2 N–H and O–H groups in total. The summed E-state index contributed by atoms with van der Waals surface area (Å²) in [5, 5.41) is 5.99. The molecule has 1 amide bonds. The first-order chi connectivity index (χ1) is 7.33. The molecule has 1 aliphatic rings. The van der Waals surface area contributed by atoms with E-state index in [1.807, 2.05) is 0 Å². The van der Waals surface area contributed by atoms with E-state index in [9.17, 15) is 4.79 Å². The fraction of sp³-hybridized carbons (Fsp3) is 0.909. The van der Waals surface area contributed by atoms with Crippen LogP contribution in [-0.4, -0.2) is 39.3 Å². The Kier molecular flexibility index (Phi) is 6.36. The molecule has 0 saturated heterocycles. The number of rotatable bonds is 9. The van der Waals surface area contributed by atoms with Gasteiger partial charge in [0.05, 0.1) is 6.54 Å². The van der Waals surface area contributed by atoms with Crippen molar-refractivity contribution in [3.8, 4) is 0 Å². The first-order valence-electron chi connectivity index (χ1n) is 5.79. The van der Waals surface area contributed by atoms with E-state index in [1.54, 1.807) is 7.11 Å². The van der Waals surface area contributed by atoms with Crippen LogP contribution < -0.4 is 10.6 Å². The highest BCUT2D eigenvalue weighted by atomic mass is 16.5. The van der Waals surface area contributed by atoms with E-state index >= 15 is 0 Å². The maximum Gasteiger partial charge on any atom is 0.233 e. The van der Waals surface area contributed by atoms with E-state index in [-0.39, 0.29) is 5.91 Å². The lowest BCUT2D eigenvalue weighted by Gasteiger charge is -2.05. The number of ether oxygens (including phenoxy) is 1. The molecule has 0 heterocycles. The topological polar surface area (TPSA) is 50.4 Å². The molecule has 0 unspecified atom stereocenters. The molecule has 1 rings (SSSR count). The van der Waals surface area contributed by atoms with Crippen LogP contribution in [0, 0.1) is 5.92 Å². The van der Waals surface area contributed by atoms with Gasteiger partial charge in [-0.25, -0.2) is 0 Å². The van der Waals surface area contributed by atoms with E-state index in [2.05, 4.69) is 10.6 Å². The van der Waals surface area contributed by atoms with Gasteiger partial charge in [0.15, 0.2) is 0 Å². The highest BCUT2D eigenvalue weighted by molar-refractivity contribution is 5.77. The maximum absolute atomic E-state index is 11.3. The Morgan fingerprint density at radius 3 is 2.87 bits per heavy atom. The first kappa shape index (κ1) is 12.5. The molecule has 88 valence electrons. The molecule has 0 aliphatic heterocycles. The van der Waals surface area contributed by atoms with Gasteiger partial charge in [0.1, 0.15) is 0 Å². The summed E-state index contributed by atoms with van der Waals surface area (Å²) in [6.45, 7) is 2.82. The third kappa shape index (κ3) is 7.33. The van der Waals surface area contributed by atoms with Crippen molar-refractivity contribution in [1.29, 1.82) is 0 Å². The largest absolute Gasteiger partial charge is 0.385 e. The molecule has 15 heavy (non-hydrogen) atoms. The van der Waals surface area contributed by atoms with Gasteiger partial charge in [-0.3, -0.25) is 4.79 Å². The number of carbonyl (C=O) groups is 1. The Bertz CT molecular complexity index is 181. The molecule has 0 aromatic rings. The van der Waals surface area contributed by atoms with Crippen molar-refractivity contribution in [2.45, 2.75) is 25.7 Å². The predicted molar refractivity (Wildman–Crippen MR) is 59.7 cm³/mol. The quantitative estimate of drug-likeness (QED) is 0.550. The summed E-state index contributed by atoms with van der Waals surface area (Å²) in [6.07, 6.45) is 4.86. The van der Waals surface area contributed by atoms with Crippen molar-refractivity contribution in [3.05, 3.63) is 0 Å². The van der Waals surface area contributed by atoms with Crippen LogP contribution in [-0.2, 0) is 9.53 Å². The van der Waals surface area contributed by atoms with E-state index < -0.39 is 0 Å². The zero-order valence-electron chi connectivity index (χ0n) is 9.55. The third-order valence-electron chi connectivity index (χ3n) is 2.56. The number of carbonyl (C=O) groups excluding carboxylic acids is 1. The van der Waals surface area contributed by atoms with Gasteiger partial charge in [0.2, 0.25) is 5.91 Å². The summed E-state index contributed by atoms with van der Waals surface area (Å²) >= 11 is 0. The molecule has 0 spiro atoms. The average molecular weight is 214 g/mol. The maximum atomic E-state index is 11.3. The summed E-state index contributed by atoms with van der Waals surface area (Å²) in [5.41, 5.74) is 0. The summed E-state index contributed by atoms with van der Waals surface area (Å²) in [6, 6.07) is 0. The van der Waals surface area contributed by atoms with Crippen molar-refractivity contribution in [2.24, 2.45) is 5.92 Å². The van der Waals surface area contributed by atoms with Gasteiger partial charge in [-0.2, -0.15) is 0 Å². The molecule has 1 aliphatic carbocycles. The van der Waals surface area contributed by atoms with Crippen LogP contribution in [0.1, 0.15) is 25.7 Å². The zero-order chi connectivity index (χ0) is 10.9. The van der Waals surface area contributed by atoms with Crippen LogP contribution >= 0.6 is 0 Å². The highest BCUT2D eigenvalue weighted by Crippen LogP contribution is 2.31. The normalized spacial score (nSPS) is 15.3. The second-order valence-corrected chi connectivity index (χ2v) is 4.11. The molecule has 0 atom stereocenters. The van der Waals surface area contributed by atoms with Crippen LogP contribution in [0.25, 0.3) is 0 Å². The van der Waals surface area contributed by atoms with Gasteiger partial charge in [0, 0.05) is 20.3 Å². The van der Waals surface area contributed by atoms with Crippen LogP contribution in [0.15, 0.2) is 0 Å². The minimum absolute atomic E-state index is 0.0851. The van der Waals surface area contributed by atoms with Crippen molar-refractivity contribution in [2.75, 3.05) is 33.4 Å². The lowest BCUT2D eigenvalue weighted by molar-refractivity contribution is -0.120. The van der Waals surface area contributed by atoms with E-state index in [4.69, 9.17) is 4.74 Å². The van der Waals surface area contributed by atoms with E-state index in [1.165, 1.54) is 19.3 Å². The van der Waals surface area contributed by atoms with E-state index in [0.29, 0.717) is 19.7 Å². The Balaban J connectivity index is 1.80. The monoisotopic (exact) mass is 214 g/mol. The second-order valence-electron chi connectivity index (χ2n) is 4.11. The highest BCUT2D eigenvalue weighted by Gasteiger charge is 2.19. The Labute approximate surface area is 91.8 Å². The van der Waals surface area contributed by atoms with Gasteiger partial charge >= 0.3 is 0 Å². The number of methoxy groups -OCH3 is 1. The fourth-order valence-corrected chi connectivity index (χ4v) is 1.42. The smallest absolute Gasteiger partial charge is 0.233 e. The van der Waals surface area contributed by atoms with Gasteiger partial charge in [-0.1, -0.05) is 12.8 Å². The van der Waals surface area contributed by atoms with Crippen LogP contribution in [0.3, 0.4) is 0 Å². The number of hydrogen-bond donors (Lipinski definition) is 2. The van der Waals surface area contributed by atoms with Crippen molar-refractivity contribution in [1.82, 2.24) is 10.6 Å². The predicted octanol–water partition coefficient (Wildman–Crippen LogP) is 0.529. The van der Waals surface area contributed by atoms with Gasteiger partial charge in [0.25, 0.3) is 0 Å². The third-order valence-corrected chi connectivity index (χ3v) is 2.56. The molecule has 1 saturated carbocycles. The summed E-state index contributed by atoms with van der Waals surface area (Å²) in [5.74, 6) is 1.02. The fourth-order valence-electron chi connectivity index (χ4n) is 1.42. The van der Waals surface area contributed by atoms with Crippen LogP contribution in [0.5, 0.6) is 0 Å². The van der Waals surface area contributed by atoms with Crippen LogP contribution in [0.2, 0.25) is 0 Å². The number of hydrogen-bond acceptors (Lipinski definition) is 3. The SMILES string of the molecule is COCCCNC(=O)CNCCC1CC1. The van der Waals surface area contributed by atoms with Crippen molar-refractivity contribution < 1.29 is 9.53 Å². The second kappa shape index (κ2) is 7.65. The Morgan fingerprint density at radius 1 is 1.40 bits per heavy atom. The van der Waals surface area contributed by atoms with Crippen LogP contribution in [0.4, 0.5) is 0 Å². The Morgan fingerprint density at radius 2 is 2.20 bits per heavy atom. The van der Waals surface area contributed by atoms with Gasteiger partial charge < -0.3 is 15.4 Å². The van der Waals surface area contributed by atoms with E-state index in [0.717, 1.165) is 18.9 Å². The lowest BCUT2D eigenvalue weighted by Crippen LogP contribution is -2.35. The molecule has 0 radical (unpaired) electrons. The Hall–Kier alpha value is -0.610. The number of nitrogens with one attached hydrogen (secondary N) is 2. The molecule has 4 nitrogen and oxygen atoms in total. The van der Waals surface area contributed by atoms with Gasteiger partial charge in [-0.05, 0) is 25.3 Å². The average Bonchev–Trinajstić information content (AvgIpc) is 3.03. The minimum atomic E-state index is 0.0851. The molecule has 0 aromatic heterocycles. The van der Waals surface area contributed by atoms with Crippen molar-refractivity contribution >= 4 is 5.91 Å². The van der Waals surface area contributed by atoms with Crippen molar-refractivity contribution in [3.63, 3.8) is 0 Å². The standard InChI is InChI=1S/C11H22N2O2/c1-15-8-2-6-13-11(14)9-12-7-5-10-3-4-10/h10,12H,2-9H2,1H3,(H,13,14). The molecule has 0 aromatic carbocycles. The number of amides is 1. The molecular weight excluding hydrogens is 192 g/mol.